The zero-order valence-corrected chi connectivity index (χ0v) is 8.52. The van der Waals surface area contributed by atoms with Gasteiger partial charge in [0.2, 0.25) is 0 Å². The first-order valence-corrected chi connectivity index (χ1v) is 4.51. The summed E-state index contributed by atoms with van der Waals surface area (Å²) in [6.45, 7) is 6.28. The van der Waals surface area contributed by atoms with Crippen LogP contribution in [0, 0.1) is 0 Å². The summed E-state index contributed by atoms with van der Waals surface area (Å²) in [6.07, 6.45) is 1.46. The molecule has 0 bridgehead atoms. The second-order valence-electron chi connectivity index (χ2n) is 3.17. The van der Waals surface area contributed by atoms with Crippen molar-refractivity contribution in [1.29, 1.82) is 0 Å². The van der Waals surface area contributed by atoms with Crippen molar-refractivity contribution in [1.82, 2.24) is 9.55 Å². The van der Waals surface area contributed by atoms with Crippen molar-refractivity contribution in [3.8, 4) is 6.01 Å². The van der Waals surface area contributed by atoms with Crippen LogP contribution in [-0.4, -0.2) is 26.7 Å². The van der Waals surface area contributed by atoms with Gasteiger partial charge in [-0.1, -0.05) is 0 Å². The maximum atomic E-state index is 10.6. The van der Waals surface area contributed by atoms with Crippen LogP contribution in [0.4, 0.5) is 0 Å². The van der Waals surface area contributed by atoms with Crippen LogP contribution >= 0.6 is 0 Å². The van der Waals surface area contributed by atoms with E-state index in [0.717, 1.165) is 0 Å². The predicted molar refractivity (Wildman–Crippen MR) is 50.6 cm³/mol. The van der Waals surface area contributed by atoms with Crippen molar-refractivity contribution >= 4 is 5.97 Å². The minimum absolute atomic E-state index is 0.00987. The molecular weight excluding hydrogens is 184 g/mol. The van der Waals surface area contributed by atoms with E-state index in [1.54, 1.807) is 4.57 Å². The zero-order valence-electron chi connectivity index (χ0n) is 8.52. The quantitative estimate of drug-likeness (QED) is 0.794. The first kappa shape index (κ1) is 10.6. The lowest BCUT2D eigenvalue weighted by Crippen LogP contribution is -2.10. The molecule has 1 N–H and O–H groups in total. The van der Waals surface area contributed by atoms with Crippen LogP contribution in [0.5, 0.6) is 6.01 Å². The molecule has 1 aromatic rings. The van der Waals surface area contributed by atoms with E-state index in [0.29, 0.717) is 12.6 Å². The molecule has 0 aliphatic rings. The van der Waals surface area contributed by atoms with E-state index in [1.807, 2.05) is 20.8 Å². The van der Waals surface area contributed by atoms with Crippen molar-refractivity contribution < 1.29 is 14.6 Å². The molecule has 0 radical (unpaired) electrons. The number of aromatic nitrogens is 2. The number of carbonyl (C=O) groups is 1. The summed E-state index contributed by atoms with van der Waals surface area (Å²) in [6, 6.07) is 0.361. The van der Waals surface area contributed by atoms with Crippen LogP contribution < -0.4 is 4.74 Å². The molecule has 0 saturated carbocycles. The average molecular weight is 198 g/mol. The number of aryl methyl sites for hydroxylation is 1. The highest BCUT2D eigenvalue weighted by Crippen LogP contribution is 2.13. The summed E-state index contributed by atoms with van der Waals surface area (Å²) in [4.78, 5) is 14.5. The molecule has 0 aliphatic carbocycles. The van der Waals surface area contributed by atoms with Crippen molar-refractivity contribution in [2.75, 3.05) is 0 Å². The summed E-state index contributed by atoms with van der Waals surface area (Å²) in [5, 5.41) is 8.72. The molecule has 0 fully saturated rings. The van der Waals surface area contributed by atoms with E-state index in [-0.39, 0.29) is 11.8 Å². The number of hydrogen-bond donors (Lipinski definition) is 1. The van der Waals surface area contributed by atoms with Crippen molar-refractivity contribution in [3.05, 3.63) is 11.9 Å². The highest BCUT2D eigenvalue weighted by atomic mass is 16.5. The molecule has 0 aromatic carbocycles. The fourth-order valence-corrected chi connectivity index (χ4v) is 1.03. The molecule has 0 saturated heterocycles. The van der Waals surface area contributed by atoms with E-state index in [2.05, 4.69) is 4.98 Å². The second kappa shape index (κ2) is 4.13. The number of ether oxygens (including phenoxy) is 1. The van der Waals surface area contributed by atoms with Gasteiger partial charge in [0.1, 0.15) is 0 Å². The minimum atomic E-state index is -1.04. The van der Waals surface area contributed by atoms with Gasteiger partial charge in [0.05, 0.1) is 6.10 Å². The lowest BCUT2D eigenvalue weighted by Gasteiger charge is -2.09. The Morgan fingerprint density at radius 2 is 2.36 bits per heavy atom. The minimum Gasteiger partial charge on any atom is -0.476 e. The summed E-state index contributed by atoms with van der Waals surface area (Å²) in [5.41, 5.74) is 0.0162. The molecule has 0 atom stereocenters. The first-order chi connectivity index (χ1) is 6.54. The van der Waals surface area contributed by atoms with E-state index >= 15 is 0 Å². The Labute approximate surface area is 82.3 Å². The Morgan fingerprint density at radius 1 is 1.71 bits per heavy atom. The predicted octanol–water partition coefficient (Wildman–Crippen LogP) is 1.39. The molecule has 1 rings (SSSR count). The Hall–Kier alpha value is -1.52. The lowest BCUT2D eigenvalue weighted by atomic mass is 10.5. The highest BCUT2D eigenvalue weighted by Gasteiger charge is 2.13. The van der Waals surface area contributed by atoms with E-state index in [1.165, 1.54) is 6.20 Å². The second-order valence-corrected chi connectivity index (χ2v) is 3.17. The summed E-state index contributed by atoms with van der Waals surface area (Å²) in [5.74, 6) is -1.04. The molecule has 14 heavy (non-hydrogen) atoms. The number of aromatic carboxylic acids is 1. The SMILES string of the molecule is CCn1cc(C(=O)O)nc1OC(C)C. The van der Waals surface area contributed by atoms with Crippen molar-refractivity contribution in [2.24, 2.45) is 0 Å². The number of carboxylic acids is 1. The number of rotatable bonds is 4. The molecule has 78 valence electrons. The number of imidazole rings is 1. The standard InChI is InChI=1S/C9H14N2O3/c1-4-11-5-7(8(12)13)10-9(11)14-6(2)3/h5-6H,4H2,1-3H3,(H,12,13). The van der Waals surface area contributed by atoms with Crippen LogP contribution in [0.15, 0.2) is 6.20 Å². The lowest BCUT2D eigenvalue weighted by molar-refractivity contribution is 0.0690. The number of carboxylic acid groups (broad SMARTS) is 1. The topological polar surface area (TPSA) is 64.4 Å². The fraction of sp³-hybridized carbons (Fsp3) is 0.556. The summed E-state index contributed by atoms with van der Waals surface area (Å²) >= 11 is 0. The smallest absolute Gasteiger partial charge is 0.356 e. The molecule has 1 heterocycles. The van der Waals surface area contributed by atoms with Gasteiger partial charge in [0.15, 0.2) is 5.69 Å². The maximum Gasteiger partial charge on any atom is 0.356 e. The average Bonchev–Trinajstić information content (AvgIpc) is 2.46. The Balaban J connectivity index is 2.96. The Morgan fingerprint density at radius 3 is 2.79 bits per heavy atom. The summed E-state index contributed by atoms with van der Waals surface area (Å²) < 4.78 is 7.03. The van der Waals surface area contributed by atoms with Gasteiger partial charge >= 0.3 is 5.97 Å². The molecular formula is C9H14N2O3. The van der Waals surface area contributed by atoms with Gasteiger partial charge in [0, 0.05) is 12.7 Å². The van der Waals surface area contributed by atoms with E-state index in [9.17, 15) is 4.79 Å². The van der Waals surface area contributed by atoms with E-state index < -0.39 is 5.97 Å². The molecule has 5 nitrogen and oxygen atoms in total. The van der Waals surface area contributed by atoms with Crippen LogP contribution in [0.2, 0.25) is 0 Å². The van der Waals surface area contributed by atoms with E-state index in [4.69, 9.17) is 9.84 Å². The monoisotopic (exact) mass is 198 g/mol. The zero-order chi connectivity index (χ0) is 10.7. The van der Waals surface area contributed by atoms with Crippen LogP contribution in [0.1, 0.15) is 31.3 Å². The van der Waals surface area contributed by atoms with Gasteiger partial charge < -0.3 is 14.4 Å². The normalized spacial score (nSPS) is 10.6. The molecule has 0 amide bonds. The largest absolute Gasteiger partial charge is 0.476 e. The third kappa shape index (κ3) is 2.25. The third-order valence-electron chi connectivity index (χ3n) is 1.64. The number of hydrogen-bond acceptors (Lipinski definition) is 3. The fourth-order valence-electron chi connectivity index (χ4n) is 1.03. The maximum absolute atomic E-state index is 10.6. The van der Waals surface area contributed by atoms with Crippen LogP contribution in [0.3, 0.4) is 0 Å². The van der Waals surface area contributed by atoms with Gasteiger partial charge in [-0.25, -0.2) is 4.79 Å². The van der Waals surface area contributed by atoms with Gasteiger partial charge in [-0.05, 0) is 20.8 Å². The third-order valence-corrected chi connectivity index (χ3v) is 1.64. The molecule has 5 heteroatoms. The Bertz CT molecular complexity index is 331. The summed E-state index contributed by atoms with van der Waals surface area (Å²) in [7, 11) is 0. The van der Waals surface area contributed by atoms with Crippen LogP contribution in [-0.2, 0) is 6.54 Å². The van der Waals surface area contributed by atoms with Crippen molar-refractivity contribution in [3.63, 3.8) is 0 Å². The van der Waals surface area contributed by atoms with Gasteiger partial charge in [-0.15, -0.1) is 0 Å². The van der Waals surface area contributed by atoms with Crippen molar-refractivity contribution in [2.45, 2.75) is 33.4 Å². The molecule has 0 aliphatic heterocycles. The molecule has 0 spiro atoms. The Kier molecular flexibility index (Phi) is 3.11. The van der Waals surface area contributed by atoms with Gasteiger partial charge in [-0.3, -0.25) is 0 Å². The number of nitrogens with zero attached hydrogens (tertiary/aromatic N) is 2. The highest BCUT2D eigenvalue weighted by molar-refractivity contribution is 5.85. The molecule has 0 unspecified atom stereocenters. The van der Waals surface area contributed by atoms with Gasteiger partial charge in [-0.2, -0.15) is 4.98 Å². The first-order valence-electron chi connectivity index (χ1n) is 4.51. The van der Waals surface area contributed by atoms with Crippen LogP contribution in [0.25, 0.3) is 0 Å². The molecule has 1 aromatic heterocycles. The van der Waals surface area contributed by atoms with Gasteiger partial charge in [0.25, 0.3) is 6.01 Å².